The molecular weight excluding hydrogens is 292 g/mol. The number of halogens is 3. The Balaban J connectivity index is 2.10. The Bertz CT molecular complexity index is 414. The zero-order valence-electron chi connectivity index (χ0n) is 9.22. The third-order valence-corrected chi connectivity index (χ3v) is 3.50. The molecule has 2 rings (SSSR count). The number of nitrogens with one attached hydrogen (secondary N) is 1. The van der Waals surface area contributed by atoms with Crippen LogP contribution in [0.2, 0.25) is 0 Å². The zero-order chi connectivity index (χ0) is 12.4. The van der Waals surface area contributed by atoms with E-state index in [0.717, 1.165) is 31.7 Å². The van der Waals surface area contributed by atoms with Gasteiger partial charge in [-0.3, -0.25) is 0 Å². The van der Waals surface area contributed by atoms with Crippen molar-refractivity contribution in [3.8, 4) is 0 Å². The molecule has 1 saturated carbocycles. The van der Waals surface area contributed by atoms with Gasteiger partial charge in [0.15, 0.2) is 17.5 Å². The average molecular weight is 306 g/mol. The summed E-state index contributed by atoms with van der Waals surface area (Å²) in [5.41, 5.74) is 5.85. The van der Waals surface area contributed by atoms with Crippen molar-refractivity contribution in [2.45, 2.75) is 37.8 Å². The number of pyridine rings is 1. The smallest absolute Gasteiger partial charge is 0.168 e. The monoisotopic (exact) mass is 305 g/mol. The summed E-state index contributed by atoms with van der Waals surface area (Å²) in [5.74, 6) is -1.30. The molecule has 0 unspecified atom stereocenters. The number of aromatic nitrogens is 1. The number of nitrogens with two attached hydrogens (primary N) is 1. The molecule has 6 heteroatoms. The maximum atomic E-state index is 13.5. The van der Waals surface area contributed by atoms with E-state index in [1.807, 2.05) is 0 Å². The van der Waals surface area contributed by atoms with Crippen molar-refractivity contribution in [2.24, 2.45) is 5.73 Å². The summed E-state index contributed by atoms with van der Waals surface area (Å²) in [5, 5.41) is 2.98. The van der Waals surface area contributed by atoms with Gasteiger partial charge in [-0.1, -0.05) is 0 Å². The standard InChI is InChI=1S/C11H14BrF2N3/c12-10-8(13)5-9(14)11(17-10)16-7-3-1-2-6(15)4-7/h5-7H,1-4,15H2,(H,16,17)/t6-,7+/m1/s1. The molecule has 0 radical (unpaired) electrons. The van der Waals surface area contributed by atoms with Gasteiger partial charge < -0.3 is 11.1 Å². The number of anilines is 1. The van der Waals surface area contributed by atoms with E-state index in [0.29, 0.717) is 0 Å². The van der Waals surface area contributed by atoms with Gasteiger partial charge in [-0.2, -0.15) is 0 Å². The van der Waals surface area contributed by atoms with E-state index in [2.05, 4.69) is 26.2 Å². The molecule has 0 saturated heterocycles. The number of rotatable bonds is 2. The van der Waals surface area contributed by atoms with Gasteiger partial charge in [-0.05, 0) is 41.6 Å². The summed E-state index contributed by atoms with van der Waals surface area (Å²) in [6.45, 7) is 0. The van der Waals surface area contributed by atoms with E-state index in [-0.39, 0.29) is 22.5 Å². The summed E-state index contributed by atoms with van der Waals surface area (Å²) < 4.78 is 26.5. The zero-order valence-corrected chi connectivity index (χ0v) is 10.8. The molecule has 1 fully saturated rings. The van der Waals surface area contributed by atoms with E-state index >= 15 is 0 Å². The van der Waals surface area contributed by atoms with Gasteiger partial charge in [0.2, 0.25) is 0 Å². The third-order valence-electron chi connectivity index (χ3n) is 2.94. The van der Waals surface area contributed by atoms with Crippen molar-refractivity contribution in [2.75, 3.05) is 5.32 Å². The van der Waals surface area contributed by atoms with Crippen LogP contribution in [0.15, 0.2) is 10.7 Å². The number of nitrogens with zero attached hydrogens (tertiary/aromatic N) is 1. The summed E-state index contributed by atoms with van der Waals surface area (Å²) in [6.07, 6.45) is 3.74. The molecule has 2 atom stereocenters. The first-order chi connectivity index (χ1) is 8.06. The van der Waals surface area contributed by atoms with E-state index < -0.39 is 11.6 Å². The normalized spacial score (nSPS) is 24.7. The second-order valence-electron chi connectivity index (χ2n) is 4.36. The maximum absolute atomic E-state index is 13.5. The summed E-state index contributed by atoms with van der Waals surface area (Å²) in [6, 6.07) is 1.08. The summed E-state index contributed by atoms with van der Waals surface area (Å²) in [4.78, 5) is 3.81. The molecule has 1 aromatic heterocycles. The van der Waals surface area contributed by atoms with Gasteiger partial charge >= 0.3 is 0 Å². The summed E-state index contributed by atoms with van der Waals surface area (Å²) in [7, 11) is 0. The maximum Gasteiger partial charge on any atom is 0.168 e. The molecule has 1 aromatic rings. The van der Waals surface area contributed by atoms with Crippen molar-refractivity contribution in [1.29, 1.82) is 0 Å². The van der Waals surface area contributed by atoms with Gasteiger partial charge in [0.25, 0.3) is 0 Å². The molecule has 0 amide bonds. The fourth-order valence-electron chi connectivity index (χ4n) is 2.10. The van der Waals surface area contributed by atoms with E-state index in [1.165, 1.54) is 0 Å². The highest BCUT2D eigenvalue weighted by Gasteiger charge is 2.21. The van der Waals surface area contributed by atoms with Gasteiger partial charge in [-0.15, -0.1) is 0 Å². The molecule has 1 aliphatic carbocycles. The molecule has 3 nitrogen and oxygen atoms in total. The largest absolute Gasteiger partial charge is 0.365 e. The lowest BCUT2D eigenvalue weighted by Crippen LogP contribution is -2.35. The third kappa shape index (κ3) is 3.13. The molecule has 0 bridgehead atoms. The van der Waals surface area contributed by atoms with Crippen LogP contribution in [0.25, 0.3) is 0 Å². The molecule has 1 aliphatic rings. The quantitative estimate of drug-likeness (QED) is 0.826. The lowest BCUT2D eigenvalue weighted by Gasteiger charge is -2.27. The average Bonchev–Trinajstić information content (AvgIpc) is 2.26. The predicted molar refractivity (Wildman–Crippen MR) is 65.7 cm³/mol. The van der Waals surface area contributed by atoms with E-state index in [9.17, 15) is 8.78 Å². The minimum Gasteiger partial charge on any atom is -0.365 e. The van der Waals surface area contributed by atoms with Crippen molar-refractivity contribution in [3.63, 3.8) is 0 Å². The lowest BCUT2D eigenvalue weighted by molar-refractivity contribution is 0.407. The van der Waals surface area contributed by atoms with Crippen molar-refractivity contribution in [3.05, 3.63) is 22.3 Å². The molecule has 0 aromatic carbocycles. The number of hydrogen-bond donors (Lipinski definition) is 2. The fraction of sp³-hybridized carbons (Fsp3) is 0.545. The summed E-state index contributed by atoms with van der Waals surface area (Å²) >= 11 is 2.94. The topological polar surface area (TPSA) is 50.9 Å². The molecular formula is C11H14BrF2N3. The van der Waals surface area contributed by atoms with Crippen LogP contribution in [-0.4, -0.2) is 17.1 Å². The minimum absolute atomic E-state index is 0.0153. The first-order valence-corrected chi connectivity index (χ1v) is 6.39. The Hall–Kier alpha value is -0.750. The van der Waals surface area contributed by atoms with Crippen LogP contribution in [0.3, 0.4) is 0 Å². The Kier molecular flexibility index (Phi) is 3.93. The van der Waals surface area contributed by atoms with Gasteiger partial charge in [0.1, 0.15) is 4.60 Å². The van der Waals surface area contributed by atoms with E-state index in [4.69, 9.17) is 5.73 Å². The Morgan fingerprint density at radius 3 is 2.82 bits per heavy atom. The molecule has 94 valence electrons. The van der Waals surface area contributed by atoms with Crippen LogP contribution in [0, 0.1) is 11.6 Å². The molecule has 0 spiro atoms. The van der Waals surface area contributed by atoms with Crippen LogP contribution in [0.4, 0.5) is 14.6 Å². The minimum atomic E-state index is -0.701. The molecule has 3 N–H and O–H groups in total. The predicted octanol–water partition coefficient (Wildman–Crippen LogP) is 2.80. The Morgan fingerprint density at radius 2 is 2.12 bits per heavy atom. The number of hydrogen-bond acceptors (Lipinski definition) is 3. The van der Waals surface area contributed by atoms with Gasteiger partial charge in [-0.25, -0.2) is 13.8 Å². The SMILES string of the molecule is N[C@@H]1CCC[C@H](Nc2nc(Br)c(F)cc2F)C1. The second-order valence-corrected chi connectivity index (χ2v) is 5.11. The van der Waals surface area contributed by atoms with Crippen LogP contribution < -0.4 is 11.1 Å². The van der Waals surface area contributed by atoms with Crippen molar-refractivity contribution >= 4 is 21.7 Å². The van der Waals surface area contributed by atoms with Crippen LogP contribution in [0.5, 0.6) is 0 Å². The Labute approximate surface area is 107 Å². The van der Waals surface area contributed by atoms with Crippen LogP contribution in [0.1, 0.15) is 25.7 Å². The van der Waals surface area contributed by atoms with Gasteiger partial charge in [0.05, 0.1) is 0 Å². The second kappa shape index (κ2) is 5.27. The highest BCUT2D eigenvalue weighted by molar-refractivity contribution is 9.10. The lowest BCUT2D eigenvalue weighted by atomic mass is 9.92. The molecule has 0 aliphatic heterocycles. The first kappa shape index (κ1) is 12.7. The van der Waals surface area contributed by atoms with E-state index in [1.54, 1.807) is 0 Å². The van der Waals surface area contributed by atoms with Crippen molar-refractivity contribution in [1.82, 2.24) is 4.98 Å². The highest BCUT2D eigenvalue weighted by atomic mass is 79.9. The molecule has 17 heavy (non-hydrogen) atoms. The van der Waals surface area contributed by atoms with Crippen LogP contribution in [-0.2, 0) is 0 Å². The first-order valence-electron chi connectivity index (χ1n) is 5.60. The van der Waals surface area contributed by atoms with Crippen molar-refractivity contribution < 1.29 is 8.78 Å². The Morgan fingerprint density at radius 1 is 1.35 bits per heavy atom. The van der Waals surface area contributed by atoms with Crippen LogP contribution >= 0.6 is 15.9 Å². The highest BCUT2D eigenvalue weighted by Crippen LogP contribution is 2.24. The van der Waals surface area contributed by atoms with Gasteiger partial charge in [0, 0.05) is 18.2 Å². The fourth-order valence-corrected chi connectivity index (χ4v) is 2.39. The molecule has 1 heterocycles.